The van der Waals surface area contributed by atoms with Crippen LogP contribution >= 0.6 is 0 Å². The third-order valence-electron chi connectivity index (χ3n) is 4.26. The molecule has 0 spiro atoms. The quantitative estimate of drug-likeness (QED) is 0.771. The van der Waals surface area contributed by atoms with Crippen molar-refractivity contribution in [2.45, 2.75) is 39.5 Å². The second kappa shape index (κ2) is 6.18. The zero-order chi connectivity index (χ0) is 13.8. The Bertz CT molecular complexity index is 305. The van der Waals surface area contributed by atoms with Gasteiger partial charge in [0.15, 0.2) is 0 Å². The first-order valence-electron chi connectivity index (χ1n) is 6.73. The second-order valence-corrected chi connectivity index (χ2v) is 5.12. The van der Waals surface area contributed by atoms with Crippen molar-refractivity contribution in [2.75, 3.05) is 19.6 Å². The van der Waals surface area contributed by atoms with Crippen LogP contribution in [0.5, 0.6) is 0 Å². The first-order chi connectivity index (χ1) is 8.50. The van der Waals surface area contributed by atoms with Crippen molar-refractivity contribution >= 4 is 11.9 Å². The second-order valence-electron chi connectivity index (χ2n) is 5.12. The molecule has 1 aliphatic heterocycles. The minimum atomic E-state index is -0.807. The van der Waals surface area contributed by atoms with E-state index in [4.69, 9.17) is 10.8 Å². The fourth-order valence-corrected chi connectivity index (χ4v) is 2.63. The number of rotatable bonds is 5. The molecule has 5 nitrogen and oxygen atoms in total. The number of hydrogen-bond acceptors (Lipinski definition) is 3. The topological polar surface area (TPSA) is 83.6 Å². The molecule has 18 heavy (non-hydrogen) atoms. The molecule has 1 heterocycles. The predicted molar refractivity (Wildman–Crippen MR) is 69.0 cm³/mol. The van der Waals surface area contributed by atoms with Crippen LogP contribution in [0.1, 0.15) is 39.5 Å². The Balaban J connectivity index is 2.79. The van der Waals surface area contributed by atoms with Gasteiger partial charge in [-0.05, 0) is 25.7 Å². The van der Waals surface area contributed by atoms with Crippen molar-refractivity contribution in [2.24, 2.45) is 17.1 Å². The number of carbonyl (C=O) groups is 2. The van der Waals surface area contributed by atoms with Crippen LogP contribution in [-0.2, 0) is 9.59 Å². The summed E-state index contributed by atoms with van der Waals surface area (Å²) in [6, 6.07) is 0. The van der Waals surface area contributed by atoms with Gasteiger partial charge in [-0.2, -0.15) is 0 Å². The third kappa shape index (κ3) is 2.83. The zero-order valence-corrected chi connectivity index (χ0v) is 11.3. The zero-order valence-electron chi connectivity index (χ0n) is 11.3. The van der Waals surface area contributed by atoms with Crippen LogP contribution in [0.2, 0.25) is 0 Å². The highest BCUT2D eigenvalue weighted by molar-refractivity contribution is 5.83. The summed E-state index contributed by atoms with van der Waals surface area (Å²) in [4.78, 5) is 25.2. The van der Waals surface area contributed by atoms with Crippen LogP contribution in [0.15, 0.2) is 0 Å². The van der Waals surface area contributed by atoms with Gasteiger partial charge in [-0.25, -0.2) is 0 Å². The van der Waals surface area contributed by atoms with E-state index in [-0.39, 0.29) is 5.91 Å². The molecule has 0 aromatic rings. The highest BCUT2D eigenvalue weighted by atomic mass is 16.4. The number of piperidine rings is 1. The fourth-order valence-electron chi connectivity index (χ4n) is 2.63. The Hall–Kier alpha value is -1.10. The number of nitrogens with zero attached hydrogens (tertiary/aromatic N) is 1. The van der Waals surface area contributed by atoms with Crippen LogP contribution in [-0.4, -0.2) is 41.5 Å². The molecule has 1 saturated heterocycles. The van der Waals surface area contributed by atoms with E-state index in [1.165, 1.54) is 0 Å². The highest BCUT2D eigenvalue weighted by Crippen LogP contribution is 2.30. The molecule has 1 amide bonds. The smallest absolute Gasteiger partial charge is 0.308 e. The minimum Gasteiger partial charge on any atom is -0.481 e. The maximum Gasteiger partial charge on any atom is 0.308 e. The normalized spacial score (nSPS) is 20.8. The molecule has 1 fully saturated rings. The number of carbonyl (C=O) groups excluding carboxylic acids is 1. The van der Waals surface area contributed by atoms with Crippen LogP contribution < -0.4 is 5.73 Å². The molecule has 1 rings (SSSR count). The number of hydrogen-bond donors (Lipinski definition) is 2. The van der Waals surface area contributed by atoms with E-state index in [9.17, 15) is 9.59 Å². The standard InChI is InChI=1S/C13H24N2O3/c1-3-13(4-2,9-14)12(18)15-7-5-6-10(8-15)11(16)17/h10H,3-9,14H2,1-2H3,(H,16,17). The minimum absolute atomic E-state index is 0.0287. The molecular weight excluding hydrogens is 232 g/mol. The number of amides is 1. The van der Waals surface area contributed by atoms with Gasteiger partial charge in [-0.3, -0.25) is 9.59 Å². The van der Waals surface area contributed by atoms with E-state index in [2.05, 4.69) is 0 Å². The van der Waals surface area contributed by atoms with E-state index >= 15 is 0 Å². The van der Waals surface area contributed by atoms with Crippen molar-refractivity contribution in [1.29, 1.82) is 0 Å². The molecule has 1 unspecified atom stereocenters. The summed E-state index contributed by atoms with van der Waals surface area (Å²) in [6.07, 6.45) is 2.82. The predicted octanol–water partition coefficient (Wildman–Crippen LogP) is 1.07. The van der Waals surface area contributed by atoms with E-state index in [1.807, 2.05) is 13.8 Å². The molecule has 0 aromatic carbocycles. The molecule has 1 atom stereocenters. The summed E-state index contributed by atoms with van der Waals surface area (Å²) < 4.78 is 0. The first-order valence-corrected chi connectivity index (χ1v) is 6.73. The van der Waals surface area contributed by atoms with Gasteiger partial charge in [0, 0.05) is 19.6 Å². The largest absolute Gasteiger partial charge is 0.481 e. The fraction of sp³-hybridized carbons (Fsp3) is 0.846. The van der Waals surface area contributed by atoms with Crippen molar-refractivity contribution < 1.29 is 14.7 Å². The molecule has 0 aliphatic carbocycles. The van der Waals surface area contributed by atoms with Gasteiger partial charge in [-0.1, -0.05) is 13.8 Å². The summed E-state index contributed by atoms with van der Waals surface area (Å²) in [5.41, 5.74) is 5.25. The van der Waals surface area contributed by atoms with Gasteiger partial charge in [0.25, 0.3) is 0 Å². The van der Waals surface area contributed by atoms with E-state index in [0.717, 1.165) is 6.42 Å². The molecule has 0 bridgehead atoms. The van der Waals surface area contributed by atoms with Crippen LogP contribution in [0, 0.1) is 11.3 Å². The Morgan fingerprint density at radius 1 is 1.39 bits per heavy atom. The lowest BCUT2D eigenvalue weighted by Crippen LogP contribution is -2.51. The summed E-state index contributed by atoms with van der Waals surface area (Å²) in [7, 11) is 0. The van der Waals surface area contributed by atoms with Gasteiger partial charge in [-0.15, -0.1) is 0 Å². The Labute approximate surface area is 108 Å². The maximum absolute atomic E-state index is 12.5. The lowest BCUT2D eigenvalue weighted by atomic mass is 9.80. The van der Waals surface area contributed by atoms with Crippen molar-refractivity contribution in [3.63, 3.8) is 0 Å². The van der Waals surface area contributed by atoms with E-state index in [0.29, 0.717) is 38.9 Å². The van der Waals surface area contributed by atoms with Crippen molar-refractivity contribution in [3.8, 4) is 0 Å². The van der Waals surface area contributed by atoms with Gasteiger partial charge in [0.2, 0.25) is 5.91 Å². The van der Waals surface area contributed by atoms with Crippen molar-refractivity contribution in [3.05, 3.63) is 0 Å². The average Bonchev–Trinajstić information content (AvgIpc) is 2.41. The number of carboxylic acid groups (broad SMARTS) is 1. The molecule has 104 valence electrons. The van der Waals surface area contributed by atoms with Crippen LogP contribution in [0.3, 0.4) is 0 Å². The first kappa shape index (κ1) is 15.0. The lowest BCUT2D eigenvalue weighted by Gasteiger charge is -2.38. The number of carboxylic acids is 1. The maximum atomic E-state index is 12.5. The summed E-state index contributed by atoms with van der Waals surface area (Å²) in [6.45, 7) is 5.24. The molecule has 0 saturated carbocycles. The highest BCUT2D eigenvalue weighted by Gasteiger charge is 2.39. The molecule has 5 heteroatoms. The van der Waals surface area contributed by atoms with Crippen LogP contribution in [0.25, 0.3) is 0 Å². The van der Waals surface area contributed by atoms with Gasteiger partial charge >= 0.3 is 5.97 Å². The summed E-state index contributed by atoms with van der Waals surface area (Å²) in [5.74, 6) is -1.20. The van der Waals surface area contributed by atoms with Gasteiger partial charge in [0.05, 0.1) is 11.3 Å². The molecule has 0 aromatic heterocycles. The van der Waals surface area contributed by atoms with Gasteiger partial charge in [0.1, 0.15) is 0 Å². The Morgan fingerprint density at radius 2 is 2.00 bits per heavy atom. The third-order valence-corrected chi connectivity index (χ3v) is 4.26. The van der Waals surface area contributed by atoms with E-state index < -0.39 is 17.3 Å². The molecule has 0 radical (unpaired) electrons. The Morgan fingerprint density at radius 3 is 2.44 bits per heavy atom. The number of likely N-dealkylation sites (tertiary alicyclic amines) is 1. The number of aliphatic carboxylic acids is 1. The van der Waals surface area contributed by atoms with Gasteiger partial charge < -0.3 is 15.7 Å². The lowest BCUT2D eigenvalue weighted by molar-refractivity contribution is -0.149. The monoisotopic (exact) mass is 256 g/mol. The average molecular weight is 256 g/mol. The van der Waals surface area contributed by atoms with E-state index in [1.54, 1.807) is 4.90 Å². The molecule has 3 N–H and O–H groups in total. The number of nitrogens with two attached hydrogens (primary N) is 1. The van der Waals surface area contributed by atoms with Crippen molar-refractivity contribution in [1.82, 2.24) is 4.90 Å². The Kier molecular flexibility index (Phi) is 5.14. The summed E-state index contributed by atoms with van der Waals surface area (Å²) >= 11 is 0. The molecular formula is C13H24N2O3. The summed E-state index contributed by atoms with van der Waals surface area (Å²) in [5, 5.41) is 9.05. The SMILES string of the molecule is CCC(CC)(CN)C(=O)N1CCCC(C(=O)O)C1. The van der Waals surface area contributed by atoms with Crippen LogP contribution in [0.4, 0.5) is 0 Å². The molecule has 1 aliphatic rings.